The Bertz CT molecular complexity index is 823. The van der Waals surface area contributed by atoms with Crippen LogP contribution in [0.4, 0.5) is 5.69 Å². The van der Waals surface area contributed by atoms with Crippen molar-refractivity contribution >= 4 is 23.6 Å². The summed E-state index contributed by atoms with van der Waals surface area (Å²) in [6.07, 6.45) is 4.02. The molecule has 0 radical (unpaired) electrons. The highest BCUT2D eigenvalue weighted by molar-refractivity contribution is 6.21. The Morgan fingerprint density at radius 2 is 1.67 bits per heavy atom. The summed E-state index contributed by atoms with van der Waals surface area (Å²) < 4.78 is 0. The Morgan fingerprint density at radius 1 is 1.00 bits per heavy atom. The molecule has 1 aliphatic rings. The van der Waals surface area contributed by atoms with Crippen molar-refractivity contribution in [3.63, 3.8) is 0 Å². The first kappa shape index (κ1) is 15.6. The topological polar surface area (TPSA) is 80.5 Å². The number of nitro groups is 1. The van der Waals surface area contributed by atoms with Crippen LogP contribution in [0, 0.1) is 10.1 Å². The highest BCUT2D eigenvalue weighted by Crippen LogP contribution is 2.22. The van der Waals surface area contributed by atoms with Crippen LogP contribution in [0.15, 0.2) is 54.6 Å². The van der Waals surface area contributed by atoms with Crippen LogP contribution < -0.4 is 0 Å². The summed E-state index contributed by atoms with van der Waals surface area (Å²) in [5.41, 5.74) is 1.60. The summed E-state index contributed by atoms with van der Waals surface area (Å²) >= 11 is 0. The molecule has 0 unspecified atom stereocenters. The molecule has 0 atom stereocenters. The number of hydrogen-bond donors (Lipinski definition) is 0. The summed E-state index contributed by atoms with van der Waals surface area (Å²) in [4.78, 5) is 35.9. The molecule has 2 amide bonds. The van der Waals surface area contributed by atoms with Gasteiger partial charge in [-0.15, -0.1) is 0 Å². The Labute approximate surface area is 138 Å². The Kier molecular flexibility index (Phi) is 4.20. The van der Waals surface area contributed by atoms with E-state index in [2.05, 4.69) is 0 Å². The van der Waals surface area contributed by atoms with E-state index in [0.717, 1.165) is 0 Å². The van der Waals surface area contributed by atoms with E-state index in [1.54, 1.807) is 48.6 Å². The molecule has 6 heteroatoms. The molecule has 0 aromatic heterocycles. The highest BCUT2D eigenvalue weighted by atomic mass is 16.6. The number of amides is 2. The van der Waals surface area contributed by atoms with Gasteiger partial charge in [-0.1, -0.05) is 36.4 Å². The van der Waals surface area contributed by atoms with Crippen molar-refractivity contribution in [3.05, 3.63) is 81.4 Å². The fourth-order valence-corrected chi connectivity index (χ4v) is 2.61. The number of carbonyl (C=O) groups is 2. The van der Waals surface area contributed by atoms with E-state index in [4.69, 9.17) is 0 Å². The molecule has 1 aliphatic heterocycles. The first-order valence-electron chi connectivity index (χ1n) is 7.44. The summed E-state index contributed by atoms with van der Waals surface area (Å²) in [7, 11) is 0. The molecular formula is C18H14N2O4. The standard InChI is InChI=1S/C18H14N2O4/c21-17-15-9-1-2-10-16(15)18(22)19(17)11-4-3-6-13-7-5-8-14(12-13)20(23)24/h1-3,5-10,12H,4,11H2. The molecule has 2 aromatic rings. The average Bonchev–Trinajstić information content (AvgIpc) is 2.84. The Hall–Kier alpha value is -3.28. The summed E-state index contributed by atoms with van der Waals surface area (Å²) in [5.74, 6) is -0.557. The second-order valence-corrected chi connectivity index (χ2v) is 5.35. The summed E-state index contributed by atoms with van der Waals surface area (Å²) in [5, 5.41) is 10.7. The van der Waals surface area contributed by atoms with Crippen LogP contribution in [0.5, 0.6) is 0 Å². The lowest BCUT2D eigenvalue weighted by molar-refractivity contribution is -0.384. The van der Waals surface area contributed by atoms with Crippen molar-refractivity contribution < 1.29 is 14.5 Å². The number of benzene rings is 2. The molecule has 24 heavy (non-hydrogen) atoms. The smallest absolute Gasteiger partial charge is 0.270 e. The van der Waals surface area contributed by atoms with Gasteiger partial charge in [0.25, 0.3) is 17.5 Å². The maximum atomic E-state index is 12.2. The minimum absolute atomic E-state index is 0.0255. The van der Waals surface area contributed by atoms with Crippen LogP contribution in [0.1, 0.15) is 32.7 Å². The van der Waals surface area contributed by atoms with Crippen molar-refractivity contribution in [2.45, 2.75) is 6.42 Å². The van der Waals surface area contributed by atoms with Gasteiger partial charge in [0.1, 0.15) is 0 Å². The molecule has 1 heterocycles. The predicted octanol–water partition coefficient (Wildman–Crippen LogP) is 3.29. The van der Waals surface area contributed by atoms with Crippen molar-refractivity contribution in [2.24, 2.45) is 0 Å². The van der Waals surface area contributed by atoms with Crippen molar-refractivity contribution in [1.29, 1.82) is 0 Å². The van der Waals surface area contributed by atoms with Gasteiger partial charge in [0.15, 0.2) is 0 Å². The highest BCUT2D eigenvalue weighted by Gasteiger charge is 2.34. The molecule has 0 fully saturated rings. The largest absolute Gasteiger partial charge is 0.274 e. The predicted molar refractivity (Wildman–Crippen MR) is 88.6 cm³/mol. The maximum Gasteiger partial charge on any atom is 0.270 e. The molecule has 3 rings (SSSR count). The molecular weight excluding hydrogens is 308 g/mol. The number of hydrogen-bond acceptors (Lipinski definition) is 4. The third-order valence-corrected chi connectivity index (χ3v) is 3.79. The van der Waals surface area contributed by atoms with E-state index in [0.29, 0.717) is 23.1 Å². The number of carbonyl (C=O) groups excluding carboxylic acids is 2. The van der Waals surface area contributed by atoms with E-state index in [9.17, 15) is 19.7 Å². The van der Waals surface area contributed by atoms with Gasteiger partial charge < -0.3 is 0 Å². The van der Waals surface area contributed by atoms with Gasteiger partial charge in [0.05, 0.1) is 16.1 Å². The molecule has 0 saturated carbocycles. The molecule has 0 saturated heterocycles. The quantitative estimate of drug-likeness (QED) is 0.480. The third kappa shape index (κ3) is 2.94. The van der Waals surface area contributed by atoms with Crippen molar-refractivity contribution in [1.82, 2.24) is 4.90 Å². The minimum Gasteiger partial charge on any atom is -0.274 e. The van der Waals surface area contributed by atoms with Crippen LogP contribution in [0.3, 0.4) is 0 Å². The molecule has 6 nitrogen and oxygen atoms in total. The van der Waals surface area contributed by atoms with Crippen LogP contribution in [0.2, 0.25) is 0 Å². The van der Waals surface area contributed by atoms with Crippen LogP contribution in [-0.4, -0.2) is 28.2 Å². The lowest BCUT2D eigenvalue weighted by Gasteiger charge is -2.11. The molecule has 120 valence electrons. The minimum atomic E-state index is -0.448. The normalized spacial score (nSPS) is 13.6. The number of nitro benzene ring substituents is 1. The fraction of sp³-hybridized carbons (Fsp3) is 0.111. The SMILES string of the molecule is O=C1c2ccccc2C(=O)N1CCC=Cc1cccc([N+](=O)[O-])c1. The zero-order valence-electron chi connectivity index (χ0n) is 12.7. The molecule has 0 bridgehead atoms. The van der Waals surface area contributed by atoms with Gasteiger partial charge in [-0.2, -0.15) is 0 Å². The first-order chi connectivity index (χ1) is 11.6. The Balaban J connectivity index is 1.63. The van der Waals surface area contributed by atoms with Crippen LogP contribution in [-0.2, 0) is 0 Å². The summed E-state index contributed by atoms with van der Waals surface area (Å²) in [6.45, 7) is 0.276. The number of nitrogens with zero attached hydrogens (tertiary/aromatic N) is 2. The monoisotopic (exact) mass is 322 g/mol. The number of rotatable bonds is 5. The zero-order chi connectivity index (χ0) is 17.1. The van der Waals surface area contributed by atoms with Crippen LogP contribution in [0.25, 0.3) is 6.08 Å². The zero-order valence-corrected chi connectivity index (χ0v) is 12.7. The fourth-order valence-electron chi connectivity index (χ4n) is 2.61. The molecule has 0 spiro atoms. The number of fused-ring (bicyclic) bond motifs is 1. The lowest BCUT2D eigenvalue weighted by atomic mass is 10.1. The number of imide groups is 1. The van der Waals surface area contributed by atoms with Crippen molar-refractivity contribution in [3.8, 4) is 0 Å². The summed E-state index contributed by atoms with van der Waals surface area (Å²) in [6, 6.07) is 13.0. The van der Waals surface area contributed by atoms with Crippen LogP contribution >= 0.6 is 0 Å². The second-order valence-electron chi connectivity index (χ2n) is 5.35. The first-order valence-corrected chi connectivity index (χ1v) is 7.44. The van der Waals surface area contributed by atoms with E-state index in [1.165, 1.54) is 17.0 Å². The molecule has 0 aliphatic carbocycles. The number of non-ortho nitro benzene ring substituents is 1. The lowest BCUT2D eigenvalue weighted by Crippen LogP contribution is -2.30. The van der Waals surface area contributed by atoms with E-state index in [-0.39, 0.29) is 24.0 Å². The van der Waals surface area contributed by atoms with Crippen molar-refractivity contribution in [2.75, 3.05) is 6.54 Å². The maximum absolute atomic E-state index is 12.2. The van der Waals surface area contributed by atoms with E-state index >= 15 is 0 Å². The van der Waals surface area contributed by atoms with Gasteiger partial charge in [0, 0.05) is 18.7 Å². The third-order valence-electron chi connectivity index (χ3n) is 3.79. The molecule has 0 N–H and O–H groups in total. The van der Waals surface area contributed by atoms with Gasteiger partial charge >= 0.3 is 0 Å². The van der Waals surface area contributed by atoms with E-state index < -0.39 is 4.92 Å². The second kappa shape index (κ2) is 6.45. The van der Waals surface area contributed by atoms with Gasteiger partial charge in [-0.3, -0.25) is 24.6 Å². The van der Waals surface area contributed by atoms with Gasteiger partial charge in [-0.05, 0) is 24.1 Å². The average molecular weight is 322 g/mol. The molecule has 2 aromatic carbocycles. The Morgan fingerprint density at radius 3 is 2.29 bits per heavy atom. The van der Waals surface area contributed by atoms with Gasteiger partial charge in [-0.25, -0.2) is 0 Å². The van der Waals surface area contributed by atoms with Gasteiger partial charge in [0.2, 0.25) is 0 Å². The van der Waals surface area contributed by atoms with E-state index in [1.807, 2.05) is 0 Å².